The highest BCUT2D eigenvalue weighted by Gasteiger charge is 2.33. The molecule has 3 nitrogen and oxygen atoms in total. The van der Waals surface area contributed by atoms with Crippen LogP contribution in [0, 0.1) is 6.92 Å². The van der Waals surface area contributed by atoms with Crippen LogP contribution in [0.2, 0.25) is 0 Å². The summed E-state index contributed by atoms with van der Waals surface area (Å²) in [5.41, 5.74) is 1.04. The summed E-state index contributed by atoms with van der Waals surface area (Å²) in [6.45, 7) is 2.46. The van der Waals surface area contributed by atoms with E-state index in [0.29, 0.717) is 12.6 Å². The van der Waals surface area contributed by atoms with Gasteiger partial charge in [0.1, 0.15) is 0 Å². The summed E-state index contributed by atoms with van der Waals surface area (Å²) in [6.07, 6.45) is 2.16. The maximum absolute atomic E-state index is 12.1. The van der Waals surface area contributed by atoms with Gasteiger partial charge in [-0.3, -0.25) is 4.79 Å². The molecule has 1 heterocycles. The fourth-order valence-corrected chi connectivity index (χ4v) is 2.55. The van der Waals surface area contributed by atoms with Gasteiger partial charge in [0.05, 0.1) is 11.5 Å². The van der Waals surface area contributed by atoms with Crippen LogP contribution in [0.5, 0.6) is 0 Å². The van der Waals surface area contributed by atoms with E-state index in [2.05, 4.69) is 0 Å². The molecule has 1 fully saturated rings. The van der Waals surface area contributed by atoms with Crippen molar-refractivity contribution in [2.24, 2.45) is 0 Å². The smallest absolute Gasteiger partial charge is 0.264 e. The van der Waals surface area contributed by atoms with Crippen molar-refractivity contribution in [1.82, 2.24) is 4.90 Å². The van der Waals surface area contributed by atoms with Crippen LogP contribution in [0.1, 0.15) is 28.1 Å². The molecule has 1 aliphatic rings. The van der Waals surface area contributed by atoms with E-state index in [1.54, 1.807) is 4.90 Å². The zero-order valence-corrected chi connectivity index (χ0v) is 9.59. The van der Waals surface area contributed by atoms with Crippen molar-refractivity contribution in [2.45, 2.75) is 25.8 Å². The van der Waals surface area contributed by atoms with E-state index < -0.39 is 0 Å². The Kier molecular flexibility index (Phi) is 3.07. The molecule has 1 amide bonds. The normalized spacial score (nSPS) is 15.3. The van der Waals surface area contributed by atoms with Gasteiger partial charge in [0.2, 0.25) is 0 Å². The minimum Gasteiger partial charge on any atom is -0.395 e. The van der Waals surface area contributed by atoms with Crippen LogP contribution in [-0.2, 0) is 0 Å². The number of carbonyl (C=O) groups is 1. The van der Waals surface area contributed by atoms with Gasteiger partial charge in [0.15, 0.2) is 0 Å². The fraction of sp³-hybridized carbons (Fsp3) is 0.545. The lowest BCUT2D eigenvalue weighted by Gasteiger charge is -2.20. The Bertz CT molecular complexity index is 357. The first kappa shape index (κ1) is 10.6. The quantitative estimate of drug-likeness (QED) is 0.846. The van der Waals surface area contributed by atoms with Crippen LogP contribution in [0.3, 0.4) is 0 Å². The number of carbonyl (C=O) groups excluding carboxylic acids is 1. The number of aliphatic hydroxyl groups is 1. The van der Waals surface area contributed by atoms with E-state index in [9.17, 15) is 4.79 Å². The molecule has 0 aliphatic heterocycles. The Balaban J connectivity index is 2.14. The molecule has 0 spiro atoms. The highest BCUT2D eigenvalue weighted by atomic mass is 32.1. The number of nitrogens with zero attached hydrogens (tertiary/aromatic N) is 1. The topological polar surface area (TPSA) is 40.5 Å². The van der Waals surface area contributed by atoms with Gasteiger partial charge in [-0.15, -0.1) is 11.3 Å². The average molecular weight is 225 g/mol. The Morgan fingerprint density at radius 1 is 1.67 bits per heavy atom. The summed E-state index contributed by atoms with van der Waals surface area (Å²) in [5, 5.41) is 10.9. The molecule has 2 rings (SSSR count). The van der Waals surface area contributed by atoms with Gasteiger partial charge >= 0.3 is 0 Å². The third kappa shape index (κ3) is 2.21. The van der Waals surface area contributed by atoms with Crippen LogP contribution < -0.4 is 0 Å². The third-order valence-electron chi connectivity index (χ3n) is 2.65. The summed E-state index contributed by atoms with van der Waals surface area (Å²) < 4.78 is 0. The molecule has 0 unspecified atom stereocenters. The summed E-state index contributed by atoms with van der Waals surface area (Å²) in [4.78, 5) is 14.7. The number of aliphatic hydroxyl groups excluding tert-OH is 1. The Morgan fingerprint density at radius 2 is 2.40 bits per heavy atom. The second-order valence-corrected chi connectivity index (χ2v) is 4.80. The Hall–Kier alpha value is -0.870. The molecule has 4 heteroatoms. The van der Waals surface area contributed by atoms with Crippen molar-refractivity contribution >= 4 is 17.2 Å². The summed E-state index contributed by atoms with van der Waals surface area (Å²) in [5.74, 6) is 0.0825. The maximum Gasteiger partial charge on any atom is 0.264 e. The first-order valence-electron chi connectivity index (χ1n) is 5.20. The molecule has 0 atom stereocenters. The molecule has 1 aliphatic carbocycles. The zero-order valence-electron chi connectivity index (χ0n) is 8.77. The molecule has 0 radical (unpaired) electrons. The predicted molar refractivity (Wildman–Crippen MR) is 60.2 cm³/mol. The first-order chi connectivity index (χ1) is 7.24. The SMILES string of the molecule is Cc1ccsc1C(=O)N(CCO)C1CC1. The van der Waals surface area contributed by atoms with E-state index >= 15 is 0 Å². The number of thiophene rings is 1. The van der Waals surface area contributed by atoms with Gasteiger partial charge in [-0.05, 0) is 36.8 Å². The van der Waals surface area contributed by atoms with Crippen LogP contribution >= 0.6 is 11.3 Å². The molecule has 0 saturated heterocycles. The summed E-state index contributed by atoms with van der Waals surface area (Å²) in [6, 6.07) is 2.33. The zero-order chi connectivity index (χ0) is 10.8. The summed E-state index contributed by atoms with van der Waals surface area (Å²) in [7, 11) is 0. The van der Waals surface area contributed by atoms with Gasteiger partial charge in [-0.2, -0.15) is 0 Å². The molecule has 0 bridgehead atoms. The van der Waals surface area contributed by atoms with Crippen molar-refractivity contribution in [1.29, 1.82) is 0 Å². The highest BCUT2D eigenvalue weighted by Crippen LogP contribution is 2.29. The number of rotatable bonds is 4. The van der Waals surface area contributed by atoms with Crippen molar-refractivity contribution in [3.63, 3.8) is 0 Å². The van der Waals surface area contributed by atoms with Crippen molar-refractivity contribution in [3.8, 4) is 0 Å². The fourth-order valence-electron chi connectivity index (χ4n) is 1.67. The second kappa shape index (κ2) is 4.33. The first-order valence-corrected chi connectivity index (χ1v) is 6.08. The van der Waals surface area contributed by atoms with Gasteiger partial charge in [-0.1, -0.05) is 0 Å². The van der Waals surface area contributed by atoms with Crippen LogP contribution in [0.25, 0.3) is 0 Å². The highest BCUT2D eigenvalue weighted by molar-refractivity contribution is 7.12. The second-order valence-electron chi connectivity index (χ2n) is 3.89. The van der Waals surface area contributed by atoms with Gasteiger partial charge in [-0.25, -0.2) is 0 Å². The molecular formula is C11H15NO2S. The van der Waals surface area contributed by atoms with E-state index in [-0.39, 0.29) is 12.5 Å². The summed E-state index contributed by atoms with van der Waals surface area (Å²) >= 11 is 1.48. The van der Waals surface area contributed by atoms with Crippen molar-refractivity contribution in [3.05, 3.63) is 21.9 Å². The van der Waals surface area contributed by atoms with Crippen LogP contribution in [-0.4, -0.2) is 35.1 Å². The van der Waals surface area contributed by atoms with Crippen LogP contribution in [0.4, 0.5) is 0 Å². The van der Waals surface area contributed by atoms with Crippen LogP contribution in [0.15, 0.2) is 11.4 Å². The maximum atomic E-state index is 12.1. The van der Waals surface area contributed by atoms with Gasteiger partial charge in [0.25, 0.3) is 5.91 Å². The predicted octanol–water partition coefficient (Wildman–Crippen LogP) is 1.65. The standard InChI is InChI=1S/C11H15NO2S/c1-8-4-7-15-10(8)11(14)12(5-6-13)9-2-3-9/h4,7,9,13H,2-3,5-6H2,1H3. The molecule has 1 saturated carbocycles. The lowest BCUT2D eigenvalue weighted by molar-refractivity contribution is 0.0712. The number of hydrogen-bond donors (Lipinski definition) is 1. The third-order valence-corrected chi connectivity index (χ3v) is 3.65. The minimum atomic E-state index is 0.0483. The Morgan fingerprint density at radius 3 is 2.87 bits per heavy atom. The molecule has 15 heavy (non-hydrogen) atoms. The monoisotopic (exact) mass is 225 g/mol. The molecule has 1 N–H and O–H groups in total. The largest absolute Gasteiger partial charge is 0.395 e. The van der Waals surface area contributed by atoms with E-state index in [4.69, 9.17) is 5.11 Å². The minimum absolute atomic E-state index is 0.0483. The molecule has 0 aromatic carbocycles. The van der Waals surface area contributed by atoms with E-state index in [1.807, 2.05) is 18.4 Å². The molecular weight excluding hydrogens is 210 g/mol. The van der Waals surface area contributed by atoms with Gasteiger partial charge < -0.3 is 10.0 Å². The van der Waals surface area contributed by atoms with Crippen molar-refractivity contribution in [2.75, 3.05) is 13.2 Å². The average Bonchev–Trinajstić information content (AvgIpc) is 2.97. The van der Waals surface area contributed by atoms with Gasteiger partial charge in [0, 0.05) is 12.6 Å². The molecule has 1 aromatic heterocycles. The lowest BCUT2D eigenvalue weighted by Crippen LogP contribution is -2.35. The number of amides is 1. The van der Waals surface area contributed by atoms with E-state index in [0.717, 1.165) is 23.3 Å². The number of aryl methyl sites for hydroxylation is 1. The molecule has 1 aromatic rings. The Labute approximate surface area is 93.3 Å². The van der Waals surface area contributed by atoms with E-state index in [1.165, 1.54) is 11.3 Å². The lowest BCUT2D eigenvalue weighted by atomic mass is 10.2. The molecule has 82 valence electrons. The number of hydrogen-bond acceptors (Lipinski definition) is 3. The van der Waals surface area contributed by atoms with Crippen molar-refractivity contribution < 1.29 is 9.90 Å².